The summed E-state index contributed by atoms with van der Waals surface area (Å²) in [5.41, 5.74) is 1.85. The zero-order valence-corrected chi connectivity index (χ0v) is 20.5. The van der Waals surface area contributed by atoms with Crippen LogP contribution in [-0.4, -0.2) is 63.9 Å². The largest absolute Gasteiger partial charge is 0.378 e. The van der Waals surface area contributed by atoms with Crippen LogP contribution in [0.1, 0.15) is 50.5 Å². The van der Waals surface area contributed by atoms with Crippen molar-refractivity contribution in [2.45, 2.75) is 57.8 Å². The molecule has 4 heterocycles. The van der Waals surface area contributed by atoms with Crippen molar-refractivity contribution >= 4 is 22.5 Å². The maximum Gasteiger partial charge on any atom is 0.222 e. The number of fused-ring (bicyclic) bond motifs is 2. The summed E-state index contributed by atoms with van der Waals surface area (Å²) < 4.78 is 22.1. The second-order valence-corrected chi connectivity index (χ2v) is 10.3. The van der Waals surface area contributed by atoms with Crippen molar-refractivity contribution in [3.63, 3.8) is 0 Å². The fourth-order valence-electron chi connectivity index (χ4n) is 5.84. The maximum atomic E-state index is 14.4. The molecule has 1 amide bonds. The third-order valence-electron chi connectivity index (χ3n) is 7.74. The zero-order chi connectivity index (χ0) is 24.2. The normalized spacial score (nSPS) is 24.4. The van der Waals surface area contributed by atoms with Gasteiger partial charge in [-0.15, -0.1) is 0 Å². The van der Waals surface area contributed by atoms with Gasteiger partial charge in [-0.1, -0.05) is 25.1 Å². The van der Waals surface area contributed by atoms with Crippen LogP contribution in [0.5, 0.6) is 0 Å². The van der Waals surface area contributed by atoms with Crippen molar-refractivity contribution in [1.82, 2.24) is 19.4 Å². The number of ether oxygens (including phenoxy) is 1. The number of halogens is 1. The summed E-state index contributed by atoms with van der Waals surface area (Å²) in [6, 6.07) is 8.40. The molecule has 2 fully saturated rings. The summed E-state index contributed by atoms with van der Waals surface area (Å²) in [6.45, 7) is 8.59. The molecule has 0 spiro atoms. The second kappa shape index (κ2) is 8.59. The number of carbonyl (C=O) groups excluding carboxylic acids is 1. The lowest BCUT2D eigenvalue weighted by Gasteiger charge is -2.39. The molecular weight excluding hydrogens is 445 g/mol. The number of alkyl halides is 1. The minimum Gasteiger partial charge on any atom is -0.378 e. The molecule has 184 valence electrons. The van der Waals surface area contributed by atoms with Crippen molar-refractivity contribution in [2.24, 2.45) is 0 Å². The number of morpholine rings is 1. The summed E-state index contributed by atoms with van der Waals surface area (Å²) in [5.74, 6) is 2.19. The van der Waals surface area contributed by atoms with E-state index < -0.39 is 5.67 Å². The highest BCUT2D eigenvalue weighted by molar-refractivity contribution is 5.97. The SMILES string of the molecule is CCC(=O)N1CCn2c(C3CC(C)(F)C3)nc(-c3cccc4cc(N5CCOCC5)ncc34)c2C1. The molecule has 3 aromatic rings. The average Bonchev–Trinajstić information content (AvgIpc) is 3.25. The highest BCUT2D eigenvalue weighted by atomic mass is 19.1. The fraction of sp³-hybridized carbons (Fsp3) is 0.519. The van der Waals surface area contributed by atoms with E-state index in [1.165, 1.54) is 0 Å². The van der Waals surface area contributed by atoms with E-state index in [0.717, 1.165) is 65.7 Å². The first-order chi connectivity index (χ1) is 16.9. The lowest BCUT2D eigenvalue weighted by atomic mass is 9.73. The summed E-state index contributed by atoms with van der Waals surface area (Å²) >= 11 is 0. The number of hydrogen-bond acceptors (Lipinski definition) is 5. The van der Waals surface area contributed by atoms with E-state index in [9.17, 15) is 9.18 Å². The van der Waals surface area contributed by atoms with Crippen LogP contribution >= 0.6 is 0 Å². The molecule has 0 unspecified atom stereocenters. The monoisotopic (exact) mass is 477 g/mol. The molecule has 0 radical (unpaired) electrons. The van der Waals surface area contributed by atoms with Gasteiger partial charge in [0.2, 0.25) is 5.91 Å². The first-order valence-electron chi connectivity index (χ1n) is 12.7. The molecule has 1 aliphatic carbocycles. The predicted molar refractivity (Wildman–Crippen MR) is 133 cm³/mol. The smallest absolute Gasteiger partial charge is 0.222 e. The number of carbonyl (C=O) groups is 1. The van der Waals surface area contributed by atoms with Crippen molar-refractivity contribution in [3.05, 3.63) is 42.0 Å². The predicted octanol–water partition coefficient (Wildman–Crippen LogP) is 4.29. The van der Waals surface area contributed by atoms with Crippen molar-refractivity contribution in [1.29, 1.82) is 0 Å². The first kappa shape index (κ1) is 22.5. The highest BCUT2D eigenvalue weighted by Gasteiger charge is 2.44. The standard InChI is InChI=1S/C27H32FN5O2/c1-3-24(34)32-7-8-33-22(17-32)25(30-26(33)19-14-27(2,28)15-19)20-6-4-5-18-13-23(29-16-21(18)20)31-9-11-35-12-10-31/h4-6,13,16,19H,3,7-12,14-15,17H2,1-2H3. The molecule has 2 aliphatic heterocycles. The van der Waals surface area contributed by atoms with Gasteiger partial charge in [0.15, 0.2) is 0 Å². The van der Waals surface area contributed by atoms with Gasteiger partial charge in [-0.3, -0.25) is 4.79 Å². The summed E-state index contributed by atoms with van der Waals surface area (Å²) in [4.78, 5) is 26.6. The Labute approximate surface area is 204 Å². The van der Waals surface area contributed by atoms with E-state index in [4.69, 9.17) is 14.7 Å². The van der Waals surface area contributed by atoms with Crippen LogP contribution in [0.3, 0.4) is 0 Å². The van der Waals surface area contributed by atoms with Gasteiger partial charge in [0.25, 0.3) is 0 Å². The Morgan fingerprint density at radius 1 is 1.20 bits per heavy atom. The average molecular weight is 478 g/mol. The van der Waals surface area contributed by atoms with E-state index in [0.29, 0.717) is 38.9 Å². The van der Waals surface area contributed by atoms with Crippen molar-refractivity contribution in [3.8, 4) is 11.3 Å². The number of rotatable bonds is 4. The molecule has 35 heavy (non-hydrogen) atoms. The molecule has 0 atom stereocenters. The summed E-state index contributed by atoms with van der Waals surface area (Å²) in [5, 5.41) is 2.15. The van der Waals surface area contributed by atoms with Crippen LogP contribution in [-0.2, 0) is 22.6 Å². The summed E-state index contributed by atoms with van der Waals surface area (Å²) in [6.07, 6.45) is 3.43. The van der Waals surface area contributed by atoms with Gasteiger partial charge in [-0.2, -0.15) is 0 Å². The lowest BCUT2D eigenvalue weighted by Crippen LogP contribution is -2.40. The Balaban J connectivity index is 1.43. The van der Waals surface area contributed by atoms with Gasteiger partial charge in [0.05, 0.1) is 31.1 Å². The summed E-state index contributed by atoms with van der Waals surface area (Å²) in [7, 11) is 0. The highest BCUT2D eigenvalue weighted by Crippen LogP contribution is 2.48. The Kier molecular flexibility index (Phi) is 5.51. The van der Waals surface area contributed by atoms with Crippen LogP contribution in [0.4, 0.5) is 10.2 Å². The number of pyridine rings is 1. The molecule has 2 aromatic heterocycles. The van der Waals surface area contributed by atoms with Crippen LogP contribution in [0, 0.1) is 0 Å². The number of aromatic nitrogens is 3. The van der Waals surface area contributed by atoms with E-state index in [1.807, 2.05) is 18.0 Å². The molecule has 0 bridgehead atoms. The number of hydrogen-bond donors (Lipinski definition) is 0. The van der Waals surface area contributed by atoms with E-state index in [2.05, 4.69) is 33.7 Å². The van der Waals surface area contributed by atoms with Crippen LogP contribution < -0.4 is 4.90 Å². The molecule has 8 heteroatoms. The Bertz CT molecular complexity index is 1270. The Morgan fingerprint density at radius 2 is 2.00 bits per heavy atom. The van der Waals surface area contributed by atoms with Gasteiger partial charge in [0.1, 0.15) is 17.3 Å². The number of anilines is 1. The topological polar surface area (TPSA) is 63.5 Å². The maximum absolute atomic E-state index is 14.4. The molecule has 1 saturated heterocycles. The van der Waals surface area contributed by atoms with E-state index in [-0.39, 0.29) is 11.8 Å². The second-order valence-electron chi connectivity index (χ2n) is 10.3. The van der Waals surface area contributed by atoms with Crippen molar-refractivity contribution < 1.29 is 13.9 Å². The third-order valence-corrected chi connectivity index (χ3v) is 7.74. The number of nitrogens with zero attached hydrogens (tertiary/aromatic N) is 5. The van der Waals surface area contributed by atoms with Gasteiger partial charge in [0, 0.05) is 55.7 Å². The molecule has 7 nitrogen and oxygen atoms in total. The van der Waals surface area contributed by atoms with Crippen molar-refractivity contribution in [2.75, 3.05) is 37.7 Å². The van der Waals surface area contributed by atoms with Crippen LogP contribution in [0.25, 0.3) is 22.0 Å². The molecule has 3 aliphatic rings. The number of benzene rings is 1. The number of imidazole rings is 1. The van der Waals surface area contributed by atoms with E-state index >= 15 is 0 Å². The molecular formula is C27H32FN5O2. The molecule has 0 N–H and O–H groups in total. The van der Waals surface area contributed by atoms with Gasteiger partial charge in [-0.25, -0.2) is 14.4 Å². The van der Waals surface area contributed by atoms with Gasteiger partial charge in [-0.05, 0) is 31.2 Å². The molecule has 1 saturated carbocycles. The first-order valence-corrected chi connectivity index (χ1v) is 12.7. The zero-order valence-electron chi connectivity index (χ0n) is 20.5. The van der Waals surface area contributed by atoms with E-state index in [1.54, 1.807) is 6.92 Å². The molecule has 6 rings (SSSR count). The fourth-order valence-corrected chi connectivity index (χ4v) is 5.84. The minimum atomic E-state index is -1.12. The third kappa shape index (κ3) is 3.97. The Morgan fingerprint density at radius 3 is 2.74 bits per heavy atom. The Hall–Kier alpha value is -3.00. The lowest BCUT2D eigenvalue weighted by molar-refractivity contribution is -0.132. The molecule has 1 aromatic carbocycles. The van der Waals surface area contributed by atoms with Crippen LogP contribution in [0.2, 0.25) is 0 Å². The van der Waals surface area contributed by atoms with Gasteiger partial charge < -0.3 is 19.1 Å². The minimum absolute atomic E-state index is 0.118. The van der Waals surface area contributed by atoms with Gasteiger partial charge >= 0.3 is 0 Å². The number of amides is 1. The van der Waals surface area contributed by atoms with Crippen LogP contribution in [0.15, 0.2) is 30.5 Å². The quantitative estimate of drug-likeness (QED) is 0.561.